The van der Waals surface area contributed by atoms with Crippen molar-refractivity contribution >= 4 is 11.8 Å². The van der Waals surface area contributed by atoms with Crippen molar-refractivity contribution in [2.75, 3.05) is 19.6 Å². The molecule has 2 heterocycles. The summed E-state index contributed by atoms with van der Waals surface area (Å²) in [6.07, 6.45) is 6.36. The number of rotatable bonds is 4. The molecular weight excluding hydrogens is 316 g/mol. The normalized spacial score (nSPS) is 28.2. The van der Waals surface area contributed by atoms with Gasteiger partial charge in [0, 0.05) is 32.0 Å². The molecule has 1 atom stereocenters. The Morgan fingerprint density at radius 3 is 2.38 bits per heavy atom. The first-order chi connectivity index (χ1) is 11.4. The van der Waals surface area contributed by atoms with Crippen molar-refractivity contribution in [1.82, 2.24) is 15.5 Å². The summed E-state index contributed by atoms with van der Waals surface area (Å²) >= 11 is 0. The maximum Gasteiger partial charge on any atom is 0.262 e. The van der Waals surface area contributed by atoms with Crippen molar-refractivity contribution in [3.8, 4) is 0 Å². The van der Waals surface area contributed by atoms with Gasteiger partial charge in [0.25, 0.3) is 5.92 Å². The molecule has 3 fully saturated rings. The van der Waals surface area contributed by atoms with E-state index in [1.165, 1.54) is 12.8 Å². The molecule has 24 heavy (non-hydrogen) atoms. The third-order valence-corrected chi connectivity index (χ3v) is 5.53. The highest BCUT2D eigenvalue weighted by atomic mass is 19.3. The van der Waals surface area contributed by atoms with Crippen molar-refractivity contribution in [2.45, 2.75) is 69.4 Å². The summed E-state index contributed by atoms with van der Waals surface area (Å²) < 4.78 is 26.4. The van der Waals surface area contributed by atoms with Crippen molar-refractivity contribution in [2.24, 2.45) is 5.92 Å². The zero-order chi connectivity index (χ0) is 17.2. The average molecular weight is 343 g/mol. The Hall–Kier alpha value is -1.24. The molecule has 7 heteroatoms. The second-order valence-corrected chi connectivity index (χ2v) is 7.52. The lowest BCUT2D eigenvalue weighted by atomic mass is 10.0. The Labute approximate surface area is 141 Å². The standard InChI is InChI=1S/C17H27F2N3O2/c18-17(19)10-14(20-11-17)16(24)22-7-5-13(6-8-22)21-15(23)9-12-3-1-2-4-12/h12-14,20H,1-11H2,(H,21,23). The van der Waals surface area contributed by atoms with Crippen LogP contribution in [0.2, 0.25) is 0 Å². The SMILES string of the molecule is O=C(CC1CCCC1)NC1CCN(C(=O)C2CC(F)(F)CN2)CC1. The Balaban J connectivity index is 1.39. The molecule has 136 valence electrons. The van der Waals surface area contributed by atoms with Crippen molar-refractivity contribution < 1.29 is 18.4 Å². The molecule has 2 amide bonds. The fourth-order valence-corrected chi connectivity index (χ4v) is 4.12. The number of carbonyl (C=O) groups excluding carboxylic acids is 2. The van der Waals surface area contributed by atoms with Crippen LogP contribution in [0.3, 0.4) is 0 Å². The molecule has 2 aliphatic heterocycles. The van der Waals surface area contributed by atoms with Crippen LogP contribution in [0, 0.1) is 5.92 Å². The first-order valence-electron chi connectivity index (χ1n) is 9.12. The average Bonchev–Trinajstić information content (AvgIpc) is 3.16. The van der Waals surface area contributed by atoms with Crippen LogP contribution in [0.25, 0.3) is 0 Å². The molecule has 1 unspecified atom stereocenters. The number of nitrogens with zero attached hydrogens (tertiary/aromatic N) is 1. The second-order valence-electron chi connectivity index (χ2n) is 7.52. The smallest absolute Gasteiger partial charge is 0.262 e. The highest BCUT2D eigenvalue weighted by molar-refractivity contribution is 5.82. The fraction of sp³-hybridized carbons (Fsp3) is 0.882. The van der Waals surface area contributed by atoms with Gasteiger partial charge in [-0.25, -0.2) is 8.78 Å². The van der Waals surface area contributed by atoms with Crippen molar-refractivity contribution in [1.29, 1.82) is 0 Å². The molecule has 0 radical (unpaired) electrons. The first kappa shape index (κ1) is 17.6. The van der Waals surface area contributed by atoms with E-state index in [1.807, 2.05) is 0 Å². The minimum atomic E-state index is -2.78. The Bertz CT molecular complexity index is 472. The number of alkyl halides is 2. The van der Waals surface area contributed by atoms with Gasteiger partial charge < -0.3 is 10.2 Å². The topological polar surface area (TPSA) is 61.4 Å². The van der Waals surface area contributed by atoms with E-state index in [0.717, 1.165) is 12.8 Å². The quantitative estimate of drug-likeness (QED) is 0.816. The van der Waals surface area contributed by atoms with Gasteiger partial charge in [0.05, 0.1) is 12.6 Å². The summed E-state index contributed by atoms with van der Waals surface area (Å²) in [7, 11) is 0. The van der Waals surface area contributed by atoms with Crippen LogP contribution in [-0.4, -0.2) is 54.4 Å². The van der Waals surface area contributed by atoms with Crippen LogP contribution >= 0.6 is 0 Å². The summed E-state index contributed by atoms with van der Waals surface area (Å²) in [6.45, 7) is 0.630. The van der Waals surface area contributed by atoms with Crippen LogP contribution in [0.1, 0.15) is 51.4 Å². The monoisotopic (exact) mass is 343 g/mol. The van der Waals surface area contributed by atoms with E-state index in [0.29, 0.717) is 38.3 Å². The molecule has 0 aromatic carbocycles. The summed E-state index contributed by atoms with van der Waals surface area (Å²) in [5, 5.41) is 5.69. The summed E-state index contributed by atoms with van der Waals surface area (Å²) in [5.74, 6) is -2.37. The number of carbonyl (C=O) groups is 2. The summed E-state index contributed by atoms with van der Waals surface area (Å²) in [6, 6.07) is -0.672. The fourth-order valence-electron chi connectivity index (χ4n) is 4.12. The van der Waals surface area contributed by atoms with Gasteiger partial charge >= 0.3 is 0 Å². The lowest BCUT2D eigenvalue weighted by Crippen LogP contribution is -2.50. The van der Waals surface area contributed by atoms with Crippen LogP contribution < -0.4 is 10.6 Å². The lowest BCUT2D eigenvalue weighted by Gasteiger charge is -2.34. The minimum Gasteiger partial charge on any atom is -0.353 e. The largest absolute Gasteiger partial charge is 0.353 e. The predicted molar refractivity (Wildman–Crippen MR) is 85.7 cm³/mol. The minimum absolute atomic E-state index is 0.0981. The number of nitrogens with one attached hydrogen (secondary N) is 2. The third-order valence-electron chi connectivity index (χ3n) is 5.53. The van der Waals surface area contributed by atoms with Gasteiger partial charge in [0.1, 0.15) is 0 Å². The molecular formula is C17H27F2N3O2. The highest BCUT2D eigenvalue weighted by Crippen LogP contribution is 2.28. The van der Waals surface area contributed by atoms with Crippen LogP contribution in [0.15, 0.2) is 0 Å². The van der Waals surface area contributed by atoms with Crippen molar-refractivity contribution in [3.63, 3.8) is 0 Å². The molecule has 2 N–H and O–H groups in total. The zero-order valence-electron chi connectivity index (χ0n) is 14.0. The zero-order valence-corrected chi connectivity index (χ0v) is 14.0. The molecule has 0 aromatic heterocycles. The molecule has 0 spiro atoms. The first-order valence-corrected chi connectivity index (χ1v) is 9.12. The number of piperidine rings is 1. The molecule has 5 nitrogen and oxygen atoms in total. The van der Waals surface area contributed by atoms with Crippen LogP contribution in [0.5, 0.6) is 0 Å². The number of hydrogen-bond donors (Lipinski definition) is 2. The van der Waals surface area contributed by atoms with Crippen LogP contribution in [-0.2, 0) is 9.59 Å². The van der Waals surface area contributed by atoms with Gasteiger partial charge in [-0.15, -0.1) is 0 Å². The van der Waals surface area contributed by atoms with Gasteiger partial charge in [0.15, 0.2) is 0 Å². The Kier molecular flexibility index (Phi) is 5.37. The van der Waals surface area contributed by atoms with E-state index in [4.69, 9.17) is 0 Å². The molecule has 0 aromatic rings. The van der Waals surface area contributed by atoms with Gasteiger partial charge in [-0.3, -0.25) is 14.9 Å². The summed E-state index contributed by atoms with van der Waals surface area (Å²) in [4.78, 5) is 26.0. The van der Waals surface area contributed by atoms with E-state index in [1.54, 1.807) is 4.90 Å². The molecule has 1 saturated carbocycles. The molecule has 3 rings (SSSR count). The summed E-state index contributed by atoms with van der Waals surface area (Å²) in [5.41, 5.74) is 0. The van der Waals surface area contributed by atoms with Gasteiger partial charge in [-0.1, -0.05) is 12.8 Å². The number of halogens is 2. The van der Waals surface area contributed by atoms with E-state index < -0.39 is 24.9 Å². The number of likely N-dealkylation sites (tertiary alicyclic amines) is 1. The van der Waals surface area contributed by atoms with E-state index >= 15 is 0 Å². The van der Waals surface area contributed by atoms with Gasteiger partial charge in [-0.05, 0) is 31.6 Å². The van der Waals surface area contributed by atoms with Gasteiger partial charge in [0.2, 0.25) is 11.8 Å². The third kappa shape index (κ3) is 4.43. The maximum absolute atomic E-state index is 13.2. The predicted octanol–water partition coefficient (Wildman–Crippen LogP) is 1.67. The van der Waals surface area contributed by atoms with E-state index in [-0.39, 0.29) is 17.9 Å². The second kappa shape index (κ2) is 7.33. The van der Waals surface area contributed by atoms with Gasteiger partial charge in [-0.2, -0.15) is 0 Å². The Morgan fingerprint density at radius 1 is 1.12 bits per heavy atom. The molecule has 3 aliphatic rings. The van der Waals surface area contributed by atoms with E-state index in [9.17, 15) is 18.4 Å². The highest BCUT2D eigenvalue weighted by Gasteiger charge is 2.43. The van der Waals surface area contributed by atoms with Crippen molar-refractivity contribution in [3.05, 3.63) is 0 Å². The lowest BCUT2D eigenvalue weighted by molar-refractivity contribution is -0.135. The molecule has 2 saturated heterocycles. The number of hydrogen-bond acceptors (Lipinski definition) is 3. The molecule has 0 bridgehead atoms. The number of amides is 2. The maximum atomic E-state index is 13.2. The molecule has 1 aliphatic carbocycles. The Morgan fingerprint density at radius 2 is 1.79 bits per heavy atom. The van der Waals surface area contributed by atoms with Crippen LogP contribution in [0.4, 0.5) is 8.78 Å². The van der Waals surface area contributed by atoms with E-state index in [2.05, 4.69) is 10.6 Å².